The molecule has 1 atom stereocenters. The summed E-state index contributed by atoms with van der Waals surface area (Å²) in [5, 5.41) is 11.7. The fourth-order valence-corrected chi connectivity index (χ4v) is 1.95. The fraction of sp³-hybridized carbons (Fsp3) is 0.214. The molecule has 0 aliphatic carbocycles. The van der Waals surface area contributed by atoms with Crippen molar-refractivity contribution < 1.29 is 19.4 Å². The number of nitrogens with zero attached hydrogens (tertiary/aromatic N) is 1. The summed E-state index contributed by atoms with van der Waals surface area (Å²) >= 11 is 0. The maximum atomic E-state index is 12.3. The molecule has 0 radical (unpaired) electrons. The van der Waals surface area contributed by atoms with Crippen LogP contribution in [0.5, 0.6) is 5.75 Å². The van der Waals surface area contributed by atoms with Crippen LogP contribution in [0, 0.1) is 0 Å². The second-order valence-electron chi connectivity index (χ2n) is 4.60. The van der Waals surface area contributed by atoms with E-state index in [2.05, 4.69) is 15.3 Å². The van der Waals surface area contributed by atoms with Crippen LogP contribution in [0.25, 0.3) is 0 Å². The zero-order chi connectivity index (χ0) is 16.1. The summed E-state index contributed by atoms with van der Waals surface area (Å²) in [6, 6.07) is 3.44. The molecule has 8 heteroatoms. The van der Waals surface area contributed by atoms with E-state index in [0.717, 1.165) is 0 Å². The molecule has 0 aliphatic rings. The number of imidazole rings is 1. The molecule has 0 aliphatic heterocycles. The highest BCUT2D eigenvalue weighted by Crippen LogP contribution is 2.21. The highest BCUT2D eigenvalue weighted by Gasteiger charge is 2.23. The zero-order valence-electron chi connectivity index (χ0n) is 11.9. The van der Waals surface area contributed by atoms with Crippen LogP contribution in [-0.4, -0.2) is 40.1 Å². The molecule has 1 heterocycles. The van der Waals surface area contributed by atoms with Crippen molar-refractivity contribution in [1.82, 2.24) is 15.3 Å². The average Bonchev–Trinajstić information content (AvgIpc) is 2.99. The number of hydrogen-bond acceptors (Lipinski definition) is 5. The Morgan fingerprint density at radius 3 is 2.86 bits per heavy atom. The number of nitrogens with two attached hydrogens (primary N) is 1. The van der Waals surface area contributed by atoms with Crippen LogP contribution < -0.4 is 15.8 Å². The number of hydrogen-bond donors (Lipinski definition) is 4. The number of ether oxygens (including phenoxy) is 1. The predicted octanol–water partition coefficient (Wildman–Crippen LogP) is 0.426. The van der Waals surface area contributed by atoms with Gasteiger partial charge in [-0.2, -0.15) is 0 Å². The molecule has 0 saturated heterocycles. The SMILES string of the molecule is COc1cc(N)ccc1C(=O)N[C@@H](Cc1cnc[nH]1)C(=O)O. The van der Waals surface area contributed by atoms with Gasteiger partial charge >= 0.3 is 5.97 Å². The largest absolute Gasteiger partial charge is 0.496 e. The first-order valence-corrected chi connectivity index (χ1v) is 6.45. The molecule has 1 aromatic carbocycles. The Kier molecular flexibility index (Phi) is 4.62. The van der Waals surface area contributed by atoms with Crippen molar-refractivity contribution >= 4 is 17.6 Å². The Bertz CT molecular complexity index is 669. The lowest BCUT2D eigenvalue weighted by Gasteiger charge is -2.15. The van der Waals surface area contributed by atoms with E-state index in [-0.39, 0.29) is 17.7 Å². The first-order chi connectivity index (χ1) is 10.5. The van der Waals surface area contributed by atoms with Crippen LogP contribution in [0.4, 0.5) is 5.69 Å². The van der Waals surface area contributed by atoms with Crippen LogP contribution in [0.15, 0.2) is 30.7 Å². The minimum Gasteiger partial charge on any atom is -0.496 e. The van der Waals surface area contributed by atoms with Crippen molar-refractivity contribution in [2.45, 2.75) is 12.5 Å². The lowest BCUT2D eigenvalue weighted by atomic mass is 10.1. The third kappa shape index (κ3) is 3.54. The van der Waals surface area contributed by atoms with Crippen LogP contribution in [0.2, 0.25) is 0 Å². The van der Waals surface area contributed by atoms with E-state index in [4.69, 9.17) is 10.5 Å². The quantitative estimate of drug-likeness (QED) is 0.572. The van der Waals surface area contributed by atoms with E-state index in [1.807, 2.05) is 0 Å². The number of carbonyl (C=O) groups excluding carboxylic acids is 1. The summed E-state index contributed by atoms with van der Waals surface area (Å²) in [5.74, 6) is -1.41. The maximum Gasteiger partial charge on any atom is 0.326 e. The minimum absolute atomic E-state index is 0.0956. The van der Waals surface area contributed by atoms with Gasteiger partial charge in [-0.25, -0.2) is 9.78 Å². The second-order valence-corrected chi connectivity index (χ2v) is 4.60. The molecule has 1 aromatic heterocycles. The van der Waals surface area contributed by atoms with Crippen LogP contribution in [-0.2, 0) is 11.2 Å². The van der Waals surface area contributed by atoms with E-state index < -0.39 is 17.9 Å². The molecule has 1 amide bonds. The smallest absolute Gasteiger partial charge is 0.326 e. The van der Waals surface area contributed by atoms with Gasteiger partial charge in [-0.05, 0) is 12.1 Å². The van der Waals surface area contributed by atoms with Gasteiger partial charge in [0.25, 0.3) is 5.91 Å². The number of aliphatic carboxylic acids is 1. The second kappa shape index (κ2) is 6.61. The Hall–Kier alpha value is -3.03. The normalized spacial score (nSPS) is 11.7. The summed E-state index contributed by atoms with van der Waals surface area (Å²) in [6.07, 6.45) is 3.04. The number of methoxy groups -OCH3 is 1. The highest BCUT2D eigenvalue weighted by atomic mass is 16.5. The number of benzene rings is 1. The third-order valence-electron chi connectivity index (χ3n) is 3.05. The van der Waals surface area contributed by atoms with Crippen LogP contribution in [0.3, 0.4) is 0 Å². The van der Waals surface area contributed by atoms with Gasteiger partial charge in [0.2, 0.25) is 0 Å². The Morgan fingerprint density at radius 1 is 1.50 bits per heavy atom. The van der Waals surface area contributed by atoms with Crippen molar-refractivity contribution in [3.63, 3.8) is 0 Å². The number of carboxylic acid groups (broad SMARTS) is 1. The summed E-state index contributed by atoms with van der Waals surface area (Å²) in [6.45, 7) is 0. The number of anilines is 1. The third-order valence-corrected chi connectivity index (χ3v) is 3.05. The number of aromatic amines is 1. The molecule has 0 spiro atoms. The van der Waals surface area contributed by atoms with Gasteiger partial charge in [0.1, 0.15) is 11.8 Å². The maximum absolute atomic E-state index is 12.3. The molecule has 8 nitrogen and oxygen atoms in total. The van der Waals surface area contributed by atoms with Gasteiger partial charge in [-0.15, -0.1) is 0 Å². The minimum atomic E-state index is -1.14. The molecule has 0 saturated carbocycles. The monoisotopic (exact) mass is 304 g/mol. The lowest BCUT2D eigenvalue weighted by Crippen LogP contribution is -2.42. The Balaban J connectivity index is 2.16. The summed E-state index contributed by atoms with van der Waals surface area (Å²) in [4.78, 5) is 30.2. The van der Waals surface area contributed by atoms with Gasteiger partial charge in [0.05, 0.1) is 19.0 Å². The number of rotatable bonds is 6. The van der Waals surface area contributed by atoms with Crippen molar-refractivity contribution in [3.8, 4) is 5.75 Å². The average molecular weight is 304 g/mol. The van der Waals surface area contributed by atoms with Crippen LogP contribution in [0.1, 0.15) is 16.1 Å². The van der Waals surface area contributed by atoms with Crippen molar-refractivity contribution in [1.29, 1.82) is 0 Å². The molecular formula is C14H16N4O4. The molecule has 2 aromatic rings. The Labute approximate surface area is 126 Å². The number of amides is 1. The van der Waals surface area contributed by atoms with Gasteiger partial charge < -0.3 is 25.9 Å². The van der Waals surface area contributed by atoms with Crippen molar-refractivity contribution in [3.05, 3.63) is 42.0 Å². The molecule has 0 unspecified atom stereocenters. The number of carboxylic acids is 1. The lowest BCUT2D eigenvalue weighted by molar-refractivity contribution is -0.139. The number of H-pyrrole nitrogens is 1. The van der Waals surface area contributed by atoms with E-state index >= 15 is 0 Å². The predicted molar refractivity (Wildman–Crippen MR) is 78.6 cm³/mol. The molecule has 0 fully saturated rings. The fourth-order valence-electron chi connectivity index (χ4n) is 1.95. The molecule has 116 valence electrons. The number of nitrogen functional groups attached to an aromatic ring is 1. The van der Waals surface area contributed by atoms with Crippen molar-refractivity contribution in [2.24, 2.45) is 0 Å². The molecule has 5 N–H and O–H groups in total. The molecule has 2 rings (SSSR count). The topological polar surface area (TPSA) is 130 Å². The van der Waals surface area contributed by atoms with E-state index in [1.165, 1.54) is 31.8 Å². The van der Waals surface area contributed by atoms with Gasteiger partial charge in [-0.3, -0.25) is 4.79 Å². The highest BCUT2D eigenvalue weighted by molar-refractivity contribution is 5.99. The number of carbonyl (C=O) groups is 2. The van der Waals surface area contributed by atoms with E-state index in [0.29, 0.717) is 11.4 Å². The zero-order valence-corrected chi connectivity index (χ0v) is 11.9. The van der Waals surface area contributed by atoms with Gasteiger partial charge in [-0.1, -0.05) is 0 Å². The van der Waals surface area contributed by atoms with Crippen molar-refractivity contribution in [2.75, 3.05) is 12.8 Å². The summed E-state index contributed by atoms with van der Waals surface area (Å²) in [5.41, 5.74) is 6.89. The van der Waals surface area contributed by atoms with E-state index in [1.54, 1.807) is 6.07 Å². The first-order valence-electron chi connectivity index (χ1n) is 6.45. The van der Waals surface area contributed by atoms with Crippen LogP contribution >= 0.6 is 0 Å². The Morgan fingerprint density at radius 2 is 2.27 bits per heavy atom. The molecule has 22 heavy (non-hydrogen) atoms. The first kappa shape index (κ1) is 15.4. The summed E-state index contributed by atoms with van der Waals surface area (Å²) in [7, 11) is 1.41. The molecular weight excluding hydrogens is 288 g/mol. The van der Waals surface area contributed by atoms with Gasteiger partial charge in [0, 0.05) is 30.1 Å². The number of nitrogens with one attached hydrogen (secondary N) is 2. The number of aromatic nitrogens is 2. The standard InChI is InChI=1S/C14H16N4O4/c1-22-12-4-8(15)2-3-10(12)13(19)18-11(14(20)21)5-9-6-16-7-17-9/h2-4,6-7,11H,5,15H2,1H3,(H,16,17)(H,18,19)(H,20,21)/t11-/m0/s1. The molecule has 0 bridgehead atoms. The summed E-state index contributed by atoms with van der Waals surface area (Å²) < 4.78 is 5.09. The van der Waals surface area contributed by atoms with Gasteiger partial charge in [0.15, 0.2) is 0 Å². The van der Waals surface area contributed by atoms with E-state index in [9.17, 15) is 14.7 Å².